The number of aromatic nitrogens is 3. The Balaban J connectivity index is 2.03. The van der Waals surface area contributed by atoms with E-state index in [1.807, 2.05) is 0 Å². The maximum atomic E-state index is 5.63. The minimum absolute atomic E-state index is 0.486. The van der Waals surface area contributed by atoms with Crippen molar-refractivity contribution in [2.24, 2.45) is 17.6 Å². The van der Waals surface area contributed by atoms with E-state index in [1.54, 1.807) is 0 Å². The SMILES string of the molecule is CC(C)C1CCC(n2nnc(CN)c2I)CC1. The van der Waals surface area contributed by atoms with Gasteiger partial charge in [-0.05, 0) is 60.1 Å². The Labute approximate surface area is 116 Å². The molecule has 1 aliphatic carbocycles. The molecule has 0 amide bonds. The van der Waals surface area contributed by atoms with Crippen LogP contribution in [0.3, 0.4) is 0 Å². The molecule has 2 N–H and O–H groups in total. The van der Waals surface area contributed by atoms with Gasteiger partial charge < -0.3 is 5.73 Å². The van der Waals surface area contributed by atoms with Gasteiger partial charge in [0, 0.05) is 6.54 Å². The molecule has 1 heterocycles. The van der Waals surface area contributed by atoms with Gasteiger partial charge in [0.05, 0.1) is 6.04 Å². The molecule has 0 atom stereocenters. The quantitative estimate of drug-likeness (QED) is 0.855. The second-order valence-corrected chi connectivity index (χ2v) is 6.31. The van der Waals surface area contributed by atoms with Gasteiger partial charge in [0.15, 0.2) is 0 Å². The minimum Gasteiger partial charge on any atom is -0.325 e. The topological polar surface area (TPSA) is 56.7 Å². The number of nitrogens with zero attached hydrogens (tertiary/aromatic N) is 3. The van der Waals surface area contributed by atoms with Gasteiger partial charge in [0.25, 0.3) is 0 Å². The zero-order chi connectivity index (χ0) is 12.4. The van der Waals surface area contributed by atoms with Gasteiger partial charge in [0.2, 0.25) is 0 Å². The van der Waals surface area contributed by atoms with Crippen molar-refractivity contribution in [1.82, 2.24) is 15.0 Å². The van der Waals surface area contributed by atoms with Crippen molar-refractivity contribution < 1.29 is 0 Å². The van der Waals surface area contributed by atoms with Crippen molar-refractivity contribution >= 4 is 22.6 Å². The van der Waals surface area contributed by atoms with Crippen molar-refractivity contribution in [3.8, 4) is 0 Å². The van der Waals surface area contributed by atoms with Crippen molar-refractivity contribution in [3.05, 3.63) is 9.39 Å². The van der Waals surface area contributed by atoms with E-state index in [9.17, 15) is 0 Å². The van der Waals surface area contributed by atoms with Crippen molar-refractivity contribution in [2.75, 3.05) is 0 Å². The van der Waals surface area contributed by atoms with Gasteiger partial charge in [-0.3, -0.25) is 0 Å². The average Bonchev–Trinajstić information content (AvgIpc) is 2.70. The van der Waals surface area contributed by atoms with Crippen molar-refractivity contribution in [2.45, 2.75) is 52.1 Å². The molecule has 1 saturated carbocycles. The van der Waals surface area contributed by atoms with Crippen LogP contribution in [0.1, 0.15) is 51.3 Å². The Morgan fingerprint density at radius 3 is 2.47 bits per heavy atom. The highest BCUT2D eigenvalue weighted by molar-refractivity contribution is 14.1. The van der Waals surface area contributed by atoms with Gasteiger partial charge in [-0.15, -0.1) is 5.10 Å². The smallest absolute Gasteiger partial charge is 0.124 e. The van der Waals surface area contributed by atoms with E-state index in [4.69, 9.17) is 5.73 Å². The van der Waals surface area contributed by atoms with Crippen LogP contribution in [0.15, 0.2) is 0 Å². The lowest BCUT2D eigenvalue weighted by Gasteiger charge is -2.30. The summed E-state index contributed by atoms with van der Waals surface area (Å²) in [5.74, 6) is 1.70. The van der Waals surface area contributed by atoms with E-state index in [-0.39, 0.29) is 0 Å². The van der Waals surface area contributed by atoms with Crippen LogP contribution in [0.5, 0.6) is 0 Å². The normalized spacial score (nSPS) is 25.5. The van der Waals surface area contributed by atoms with E-state index < -0.39 is 0 Å². The summed E-state index contributed by atoms with van der Waals surface area (Å²) in [7, 11) is 0. The highest BCUT2D eigenvalue weighted by atomic mass is 127. The fourth-order valence-corrected chi connectivity index (χ4v) is 3.50. The molecule has 0 bridgehead atoms. The molecule has 96 valence electrons. The third-order valence-corrected chi connectivity index (χ3v) is 5.04. The average molecular weight is 348 g/mol. The first-order valence-electron chi connectivity index (χ1n) is 6.43. The molecule has 0 radical (unpaired) electrons. The molecule has 1 fully saturated rings. The number of hydrogen-bond donors (Lipinski definition) is 1. The Morgan fingerprint density at radius 1 is 1.35 bits per heavy atom. The highest BCUT2D eigenvalue weighted by Gasteiger charge is 2.26. The van der Waals surface area contributed by atoms with E-state index in [1.165, 1.54) is 25.7 Å². The summed E-state index contributed by atoms with van der Waals surface area (Å²) in [6.45, 7) is 5.15. The molecular weight excluding hydrogens is 327 g/mol. The predicted molar refractivity (Wildman–Crippen MR) is 76.5 cm³/mol. The van der Waals surface area contributed by atoms with Gasteiger partial charge in [-0.2, -0.15) is 0 Å². The van der Waals surface area contributed by atoms with E-state index in [0.29, 0.717) is 12.6 Å². The van der Waals surface area contributed by atoms with Gasteiger partial charge in [-0.25, -0.2) is 4.68 Å². The third kappa shape index (κ3) is 2.81. The fourth-order valence-electron chi connectivity index (χ4n) is 2.69. The molecule has 1 aromatic heterocycles. The van der Waals surface area contributed by atoms with Crippen molar-refractivity contribution in [1.29, 1.82) is 0 Å². The zero-order valence-electron chi connectivity index (χ0n) is 10.6. The maximum absolute atomic E-state index is 5.63. The van der Waals surface area contributed by atoms with Crippen LogP contribution in [0.25, 0.3) is 0 Å². The molecule has 4 nitrogen and oxygen atoms in total. The predicted octanol–water partition coefficient (Wildman–Crippen LogP) is 2.73. The van der Waals surface area contributed by atoms with Gasteiger partial charge >= 0.3 is 0 Å². The molecule has 17 heavy (non-hydrogen) atoms. The van der Waals surface area contributed by atoms with Crippen LogP contribution in [0, 0.1) is 15.5 Å². The molecule has 5 heteroatoms. The molecule has 0 spiro atoms. The number of halogens is 1. The minimum atomic E-state index is 0.486. The van der Waals surface area contributed by atoms with Crippen LogP contribution in [0.2, 0.25) is 0 Å². The lowest BCUT2D eigenvalue weighted by atomic mass is 9.80. The Hall–Kier alpha value is -0.170. The Bertz CT molecular complexity index is 367. The summed E-state index contributed by atoms with van der Waals surface area (Å²) in [5.41, 5.74) is 6.56. The van der Waals surface area contributed by atoms with Crippen LogP contribution >= 0.6 is 22.6 Å². The van der Waals surface area contributed by atoms with Crippen LogP contribution in [0.4, 0.5) is 0 Å². The van der Waals surface area contributed by atoms with E-state index >= 15 is 0 Å². The first-order valence-corrected chi connectivity index (χ1v) is 7.51. The number of nitrogens with two attached hydrogens (primary N) is 1. The molecule has 2 rings (SSSR count). The zero-order valence-corrected chi connectivity index (χ0v) is 12.7. The monoisotopic (exact) mass is 348 g/mol. The second kappa shape index (κ2) is 5.65. The van der Waals surface area contributed by atoms with Crippen LogP contribution < -0.4 is 5.73 Å². The lowest BCUT2D eigenvalue weighted by molar-refractivity contribution is 0.213. The molecule has 0 saturated heterocycles. The Kier molecular flexibility index (Phi) is 4.41. The summed E-state index contributed by atoms with van der Waals surface area (Å²) in [5, 5.41) is 8.40. The van der Waals surface area contributed by atoms with Crippen LogP contribution in [-0.4, -0.2) is 15.0 Å². The fraction of sp³-hybridized carbons (Fsp3) is 0.833. The second-order valence-electron chi connectivity index (χ2n) is 5.29. The van der Waals surface area contributed by atoms with E-state index in [0.717, 1.165) is 21.2 Å². The maximum Gasteiger partial charge on any atom is 0.124 e. The molecule has 0 aromatic carbocycles. The molecule has 0 unspecified atom stereocenters. The van der Waals surface area contributed by atoms with E-state index in [2.05, 4.69) is 51.4 Å². The first-order chi connectivity index (χ1) is 8.13. The summed E-state index contributed by atoms with van der Waals surface area (Å²) in [6, 6.07) is 0.532. The third-order valence-electron chi connectivity index (χ3n) is 3.92. The molecular formula is C12H21IN4. The summed E-state index contributed by atoms with van der Waals surface area (Å²) >= 11 is 2.32. The summed E-state index contributed by atoms with van der Waals surface area (Å²) < 4.78 is 3.21. The van der Waals surface area contributed by atoms with Crippen molar-refractivity contribution in [3.63, 3.8) is 0 Å². The molecule has 1 aliphatic rings. The largest absolute Gasteiger partial charge is 0.325 e. The highest BCUT2D eigenvalue weighted by Crippen LogP contribution is 2.36. The number of rotatable bonds is 3. The lowest BCUT2D eigenvalue weighted by Crippen LogP contribution is -2.22. The number of hydrogen-bond acceptors (Lipinski definition) is 3. The van der Waals surface area contributed by atoms with Crippen LogP contribution in [-0.2, 0) is 6.54 Å². The molecule has 0 aliphatic heterocycles. The molecule has 1 aromatic rings. The standard InChI is InChI=1S/C12H21IN4/c1-8(2)9-3-5-10(6-4-9)17-12(13)11(7-14)15-16-17/h8-10H,3-7,14H2,1-2H3. The van der Waals surface area contributed by atoms with Gasteiger partial charge in [-0.1, -0.05) is 19.1 Å². The summed E-state index contributed by atoms with van der Waals surface area (Å²) in [4.78, 5) is 0. The summed E-state index contributed by atoms with van der Waals surface area (Å²) in [6.07, 6.45) is 5.09. The Morgan fingerprint density at radius 2 is 2.00 bits per heavy atom. The first kappa shape index (κ1) is 13.3. The van der Waals surface area contributed by atoms with Gasteiger partial charge in [0.1, 0.15) is 9.39 Å².